The lowest BCUT2D eigenvalue weighted by Crippen LogP contribution is -2.63. The second kappa shape index (κ2) is 10.1. The molecule has 0 amide bonds. The van der Waals surface area contributed by atoms with E-state index in [-0.39, 0.29) is 6.61 Å². The SMILES string of the molecule is C[C@@H]1O[C@@H](OC[C@H]2O[C@@H](O)[C@H](O[C@@H]3OC[C@@H](O)[C@H](O)[C@H]3O)[C@@H](O)[C@@H]2O)[C@H](O)[C@H](O)[C@H]1O. The van der Waals surface area contributed by atoms with Gasteiger partial charge < -0.3 is 69.6 Å². The van der Waals surface area contributed by atoms with Crippen LogP contribution in [0.25, 0.3) is 0 Å². The van der Waals surface area contributed by atoms with E-state index in [4.69, 9.17) is 23.7 Å². The van der Waals surface area contributed by atoms with Crippen LogP contribution in [-0.4, -0.2) is 145 Å². The van der Waals surface area contributed by atoms with Gasteiger partial charge in [-0.15, -0.1) is 0 Å². The fraction of sp³-hybridized carbons (Fsp3) is 1.00. The molecule has 3 aliphatic rings. The highest BCUT2D eigenvalue weighted by atomic mass is 16.7. The molecule has 3 saturated heterocycles. The Labute approximate surface area is 176 Å². The van der Waals surface area contributed by atoms with E-state index in [0.29, 0.717) is 0 Å². The summed E-state index contributed by atoms with van der Waals surface area (Å²) in [6.07, 6.45) is -20.9. The average Bonchev–Trinajstić information content (AvgIpc) is 2.74. The van der Waals surface area contributed by atoms with Gasteiger partial charge in [-0.3, -0.25) is 0 Å². The Morgan fingerprint density at radius 3 is 2.03 bits per heavy atom. The smallest absolute Gasteiger partial charge is 0.186 e. The number of ether oxygens (including phenoxy) is 5. The Balaban J connectivity index is 1.56. The molecule has 0 saturated carbocycles. The van der Waals surface area contributed by atoms with Crippen molar-refractivity contribution in [3.63, 3.8) is 0 Å². The van der Waals surface area contributed by atoms with Gasteiger partial charge in [-0.1, -0.05) is 0 Å². The molecular weight excluding hydrogens is 428 g/mol. The quantitative estimate of drug-likeness (QED) is 0.187. The first kappa shape index (κ1) is 25.1. The summed E-state index contributed by atoms with van der Waals surface area (Å²) in [5, 5.41) is 89.4. The van der Waals surface area contributed by atoms with Crippen LogP contribution in [-0.2, 0) is 23.7 Å². The first-order chi connectivity index (χ1) is 14.5. The normalized spacial score (nSPS) is 54.0. The summed E-state index contributed by atoms with van der Waals surface area (Å²) in [4.78, 5) is 0. The van der Waals surface area contributed by atoms with Crippen LogP contribution in [0.1, 0.15) is 6.92 Å². The van der Waals surface area contributed by atoms with Crippen LogP contribution in [0.5, 0.6) is 0 Å². The maximum Gasteiger partial charge on any atom is 0.186 e. The van der Waals surface area contributed by atoms with E-state index in [0.717, 1.165) is 0 Å². The molecule has 0 bridgehead atoms. The van der Waals surface area contributed by atoms with Crippen molar-refractivity contribution in [2.75, 3.05) is 13.2 Å². The van der Waals surface area contributed by atoms with Crippen LogP contribution < -0.4 is 0 Å². The third-order valence-corrected chi connectivity index (χ3v) is 5.64. The molecule has 9 N–H and O–H groups in total. The summed E-state index contributed by atoms with van der Waals surface area (Å²) in [6, 6.07) is 0. The van der Waals surface area contributed by atoms with Crippen molar-refractivity contribution in [3.8, 4) is 0 Å². The lowest BCUT2D eigenvalue weighted by molar-refractivity contribution is -0.356. The van der Waals surface area contributed by atoms with Crippen molar-refractivity contribution in [3.05, 3.63) is 0 Å². The Morgan fingerprint density at radius 1 is 0.710 bits per heavy atom. The third kappa shape index (κ3) is 5.18. The topological polar surface area (TPSA) is 228 Å². The Kier molecular flexibility index (Phi) is 8.21. The zero-order valence-electron chi connectivity index (χ0n) is 16.6. The fourth-order valence-electron chi connectivity index (χ4n) is 3.60. The zero-order valence-corrected chi connectivity index (χ0v) is 16.6. The molecule has 0 aromatic carbocycles. The minimum Gasteiger partial charge on any atom is -0.388 e. The van der Waals surface area contributed by atoms with Gasteiger partial charge in [-0.05, 0) is 6.92 Å². The van der Waals surface area contributed by atoms with Crippen molar-refractivity contribution >= 4 is 0 Å². The maximum absolute atomic E-state index is 10.3. The monoisotopic (exact) mass is 458 g/mol. The second-order valence-corrected chi connectivity index (χ2v) is 7.91. The van der Waals surface area contributed by atoms with Crippen LogP contribution >= 0.6 is 0 Å². The highest BCUT2D eigenvalue weighted by Crippen LogP contribution is 2.28. The minimum atomic E-state index is -1.81. The lowest BCUT2D eigenvalue weighted by Gasteiger charge is -2.44. The van der Waals surface area contributed by atoms with Gasteiger partial charge in [-0.2, -0.15) is 0 Å². The summed E-state index contributed by atoms with van der Waals surface area (Å²) in [5.41, 5.74) is 0. The molecule has 31 heavy (non-hydrogen) atoms. The van der Waals surface area contributed by atoms with Gasteiger partial charge in [0.05, 0.1) is 19.3 Å². The van der Waals surface area contributed by atoms with Crippen molar-refractivity contribution in [1.82, 2.24) is 0 Å². The first-order valence-corrected chi connectivity index (χ1v) is 9.85. The molecule has 0 unspecified atom stereocenters. The van der Waals surface area contributed by atoms with E-state index in [2.05, 4.69) is 0 Å². The third-order valence-electron chi connectivity index (χ3n) is 5.64. The maximum atomic E-state index is 10.3. The molecule has 0 aliphatic carbocycles. The number of hydrogen-bond acceptors (Lipinski definition) is 14. The molecule has 182 valence electrons. The zero-order chi connectivity index (χ0) is 23.0. The molecular formula is C17H30O14. The van der Waals surface area contributed by atoms with Crippen molar-refractivity contribution in [1.29, 1.82) is 0 Å². The standard InChI is InChI=1S/C17H30O14/c1-4-7(19)10(22)13(25)16(29-4)28-3-6-9(21)11(23)14(15(26)30-6)31-17-12(24)8(20)5(18)2-27-17/h4-26H,2-3H2,1H3/t4-,5+,6+,7-,8-,9+,10+,11-,12+,13+,14+,15+,16+,17-/m0/s1. The number of aliphatic hydroxyl groups excluding tert-OH is 9. The van der Waals surface area contributed by atoms with Crippen LogP contribution in [0.3, 0.4) is 0 Å². The number of aliphatic hydroxyl groups is 9. The van der Waals surface area contributed by atoms with Gasteiger partial charge in [-0.25, -0.2) is 0 Å². The molecule has 0 spiro atoms. The van der Waals surface area contributed by atoms with Gasteiger partial charge in [0.15, 0.2) is 18.9 Å². The minimum absolute atomic E-state index is 0.371. The molecule has 0 radical (unpaired) electrons. The van der Waals surface area contributed by atoms with Gasteiger partial charge in [0.2, 0.25) is 0 Å². The summed E-state index contributed by atoms with van der Waals surface area (Å²) in [7, 11) is 0. The predicted octanol–water partition coefficient (Wildman–Crippen LogP) is -5.91. The van der Waals surface area contributed by atoms with Gasteiger partial charge >= 0.3 is 0 Å². The van der Waals surface area contributed by atoms with Crippen LogP contribution in [0.2, 0.25) is 0 Å². The second-order valence-electron chi connectivity index (χ2n) is 7.91. The van der Waals surface area contributed by atoms with Crippen molar-refractivity contribution < 1.29 is 69.6 Å². The highest BCUT2D eigenvalue weighted by molar-refractivity contribution is 4.92. The molecule has 14 nitrogen and oxygen atoms in total. The number of rotatable bonds is 5. The molecule has 3 fully saturated rings. The highest BCUT2D eigenvalue weighted by Gasteiger charge is 2.49. The Morgan fingerprint density at radius 2 is 1.35 bits per heavy atom. The van der Waals surface area contributed by atoms with Crippen molar-refractivity contribution in [2.45, 2.75) is 92.9 Å². The molecule has 3 heterocycles. The summed E-state index contributed by atoms with van der Waals surface area (Å²) >= 11 is 0. The van der Waals surface area contributed by atoms with Crippen LogP contribution in [0.4, 0.5) is 0 Å². The van der Waals surface area contributed by atoms with E-state index in [1.54, 1.807) is 0 Å². The van der Waals surface area contributed by atoms with E-state index in [1.807, 2.05) is 0 Å². The Bertz CT molecular complexity index is 581. The molecule has 14 atom stereocenters. The lowest BCUT2D eigenvalue weighted by atomic mass is 9.98. The summed E-state index contributed by atoms with van der Waals surface area (Å²) in [5.74, 6) is 0. The fourth-order valence-corrected chi connectivity index (χ4v) is 3.60. The molecule has 3 aliphatic heterocycles. The Hall–Kier alpha value is -0.560. The first-order valence-electron chi connectivity index (χ1n) is 9.85. The van der Waals surface area contributed by atoms with Crippen LogP contribution in [0, 0.1) is 0 Å². The predicted molar refractivity (Wildman–Crippen MR) is 93.8 cm³/mol. The largest absolute Gasteiger partial charge is 0.388 e. The average molecular weight is 458 g/mol. The summed E-state index contributed by atoms with van der Waals surface area (Å²) in [6.45, 7) is 0.603. The molecule has 0 aromatic heterocycles. The molecule has 14 heteroatoms. The summed E-state index contributed by atoms with van der Waals surface area (Å²) < 4.78 is 26.1. The van der Waals surface area contributed by atoms with E-state index in [1.165, 1.54) is 6.92 Å². The van der Waals surface area contributed by atoms with E-state index in [9.17, 15) is 46.0 Å². The van der Waals surface area contributed by atoms with Gasteiger partial charge in [0, 0.05) is 0 Å². The van der Waals surface area contributed by atoms with Gasteiger partial charge in [0.25, 0.3) is 0 Å². The molecule has 3 rings (SSSR count). The molecule has 0 aromatic rings. The number of hydrogen-bond donors (Lipinski definition) is 9. The van der Waals surface area contributed by atoms with Crippen LogP contribution in [0.15, 0.2) is 0 Å². The van der Waals surface area contributed by atoms with Crippen molar-refractivity contribution in [2.24, 2.45) is 0 Å². The van der Waals surface area contributed by atoms with Gasteiger partial charge in [0.1, 0.15) is 61.0 Å². The van der Waals surface area contributed by atoms with E-state index < -0.39 is 92.6 Å². The van der Waals surface area contributed by atoms with E-state index >= 15 is 0 Å².